The van der Waals surface area contributed by atoms with Crippen molar-refractivity contribution in [2.45, 2.75) is 43.8 Å². The maximum atomic E-state index is 15.6. The predicted molar refractivity (Wildman–Crippen MR) is 133 cm³/mol. The Bertz CT molecular complexity index is 1260. The highest BCUT2D eigenvalue weighted by Crippen LogP contribution is 2.43. The van der Waals surface area contributed by atoms with Crippen molar-refractivity contribution in [1.82, 2.24) is 14.8 Å². The number of rotatable bonds is 9. The second-order valence-corrected chi connectivity index (χ2v) is 10.2. The molecule has 0 radical (unpaired) electrons. The van der Waals surface area contributed by atoms with Gasteiger partial charge in [-0.15, -0.1) is 0 Å². The summed E-state index contributed by atoms with van der Waals surface area (Å²) in [4.78, 5) is 6.85. The zero-order chi connectivity index (χ0) is 26.3. The van der Waals surface area contributed by atoms with E-state index in [2.05, 4.69) is 15.2 Å². The number of fused-ring (bicyclic) bond motifs is 3. The number of aromatic nitrogens is 1. The molecular formula is C27H31F5N4O. The first-order chi connectivity index (χ1) is 17.7. The molecule has 5 nitrogen and oxygen atoms in total. The molecule has 200 valence electrons. The summed E-state index contributed by atoms with van der Waals surface area (Å²) in [5, 5.41) is 13.2. The fourth-order valence-corrected chi connectivity index (χ4v) is 5.63. The van der Waals surface area contributed by atoms with Crippen molar-refractivity contribution in [1.29, 1.82) is 0 Å². The summed E-state index contributed by atoms with van der Waals surface area (Å²) < 4.78 is 70.9. The maximum Gasteiger partial charge on any atom is 0.283 e. The van der Waals surface area contributed by atoms with E-state index in [1.165, 1.54) is 23.1 Å². The molecule has 1 saturated heterocycles. The molecule has 3 N–H and O–H groups in total. The highest BCUT2D eigenvalue weighted by Gasteiger charge is 2.42. The van der Waals surface area contributed by atoms with Gasteiger partial charge in [-0.1, -0.05) is 6.07 Å². The van der Waals surface area contributed by atoms with E-state index in [4.69, 9.17) is 0 Å². The van der Waals surface area contributed by atoms with E-state index in [-0.39, 0.29) is 18.3 Å². The Labute approximate surface area is 212 Å². The van der Waals surface area contributed by atoms with Crippen LogP contribution in [-0.2, 0) is 6.42 Å². The fraction of sp³-hybridized carbons (Fsp3) is 0.481. The van der Waals surface area contributed by atoms with E-state index in [1.807, 2.05) is 0 Å². The summed E-state index contributed by atoms with van der Waals surface area (Å²) in [7, 11) is 0. The van der Waals surface area contributed by atoms with E-state index >= 15 is 4.39 Å². The molecule has 2 aromatic carbocycles. The standard InChI is InChI=1S/C27H31F5N4O/c1-16-9-22-21-10-17(29)3-6-24(21)34-25(22)26(36(16)14-27(31,32)15-37)20-5-4-18(11-23(20)30)33-19-12-35(13-19)8-2-7-28/h3-6,10-11,16,19,26,33-34,37H,2,7-9,12-15H2,1H3. The van der Waals surface area contributed by atoms with Crippen LogP contribution in [0.2, 0.25) is 0 Å². The number of anilines is 1. The Balaban J connectivity index is 1.47. The van der Waals surface area contributed by atoms with Gasteiger partial charge in [-0.2, -0.15) is 0 Å². The Hall–Kier alpha value is -2.69. The van der Waals surface area contributed by atoms with Crippen molar-refractivity contribution in [3.63, 3.8) is 0 Å². The molecule has 0 saturated carbocycles. The van der Waals surface area contributed by atoms with Crippen LogP contribution in [0, 0.1) is 11.6 Å². The molecule has 3 aromatic rings. The molecule has 0 aliphatic carbocycles. The number of nitrogens with zero attached hydrogens (tertiary/aromatic N) is 2. The SMILES string of the molecule is CC1Cc2c([nH]c3ccc(F)cc23)C(c2ccc(NC3CN(CCCF)C3)cc2F)N1CC(F)(F)CO. The Morgan fingerprint density at radius 2 is 1.92 bits per heavy atom. The molecule has 3 heterocycles. The molecule has 0 bridgehead atoms. The first kappa shape index (κ1) is 25.9. The number of halogens is 5. The minimum Gasteiger partial charge on any atom is -0.390 e. The number of hydrogen-bond donors (Lipinski definition) is 3. The van der Waals surface area contributed by atoms with Crippen LogP contribution >= 0.6 is 0 Å². The van der Waals surface area contributed by atoms with Crippen LogP contribution < -0.4 is 5.32 Å². The number of alkyl halides is 3. The lowest BCUT2D eigenvalue weighted by Gasteiger charge is -2.42. The van der Waals surface area contributed by atoms with Gasteiger partial charge in [0.15, 0.2) is 0 Å². The molecule has 2 unspecified atom stereocenters. The first-order valence-corrected chi connectivity index (χ1v) is 12.6. The summed E-state index contributed by atoms with van der Waals surface area (Å²) in [5.74, 6) is -4.34. The van der Waals surface area contributed by atoms with E-state index < -0.39 is 42.8 Å². The zero-order valence-corrected chi connectivity index (χ0v) is 20.6. The van der Waals surface area contributed by atoms with Crippen LogP contribution in [0.1, 0.15) is 36.2 Å². The van der Waals surface area contributed by atoms with Crippen molar-refractivity contribution in [2.24, 2.45) is 0 Å². The first-order valence-electron chi connectivity index (χ1n) is 12.6. The molecule has 10 heteroatoms. The van der Waals surface area contributed by atoms with Gasteiger partial charge in [0.1, 0.15) is 18.2 Å². The third-order valence-electron chi connectivity index (χ3n) is 7.45. The number of likely N-dealkylation sites (tertiary alicyclic amines) is 1. The minimum atomic E-state index is -3.38. The summed E-state index contributed by atoms with van der Waals surface area (Å²) in [5.41, 5.74) is 2.78. The Morgan fingerprint density at radius 1 is 1.14 bits per heavy atom. The van der Waals surface area contributed by atoms with Crippen LogP contribution in [0.4, 0.5) is 27.6 Å². The monoisotopic (exact) mass is 522 g/mol. The largest absolute Gasteiger partial charge is 0.390 e. The minimum absolute atomic E-state index is 0.120. The summed E-state index contributed by atoms with van der Waals surface area (Å²) in [6.45, 7) is 1.52. The predicted octanol–water partition coefficient (Wildman–Crippen LogP) is 4.87. The third kappa shape index (κ3) is 5.19. The highest BCUT2D eigenvalue weighted by atomic mass is 19.3. The normalized spacial score (nSPS) is 21.3. The number of H-pyrrole nitrogens is 1. The molecule has 0 spiro atoms. The Morgan fingerprint density at radius 3 is 2.62 bits per heavy atom. The van der Waals surface area contributed by atoms with Crippen molar-refractivity contribution in [3.8, 4) is 0 Å². The molecule has 2 aliphatic rings. The van der Waals surface area contributed by atoms with Gasteiger partial charge in [-0.05, 0) is 55.7 Å². The molecule has 1 fully saturated rings. The average molecular weight is 523 g/mol. The number of benzene rings is 2. The van der Waals surface area contributed by atoms with Gasteiger partial charge in [-0.3, -0.25) is 14.2 Å². The lowest BCUT2D eigenvalue weighted by atomic mass is 9.88. The van der Waals surface area contributed by atoms with Crippen molar-refractivity contribution >= 4 is 16.6 Å². The van der Waals surface area contributed by atoms with Crippen molar-refractivity contribution in [3.05, 3.63) is 64.9 Å². The van der Waals surface area contributed by atoms with Gasteiger partial charge < -0.3 is 15.4 Å². The van der Waals surface area contributed by atoms with Gasteiger partial charge in [0, 0.05) is 53.5 Å². The van der Waals surface area contributed by atoms with E-state index in [0.717, 1.165) is 18.7 Å². The molecule has 1 aromatic heterocycles. The Kier molecular flexibility index (Phi) is 7.17. The molecular weight excluding hydrogens is 491 g/mol. The second kappa shape index (κ2) is 10.2. The van der Waals surface area contributed by atoms with Crippen molar-refractivity contribution < 1.29 is 27.1 Å². The molecule has 0 amide bonds. The molecule has 2 atom stereocenters. The van der Waals surface area contributed by atoms with E-state index in [9.17, 15) is 22.7 Å². The number of aromatic amines is 1. The number of aliphatic hydroxyl groups excluding tert-OH is 1. The topological polar surface area (TPSA) is 54.5 Å². The third-order valence-corrected chi connectivity index (χ3v) is 7.45. The van der Waals surface area contributed by atoms with Gasteiger partial charge in [0.2, 0.25) is 0 Å². The summed E-state index contributed by atoms with van der Waals surface area (Å²) in [6.07, 6.45) is 0.864. The quantitative estimate of drug-likeness (QED) is 0.351. The summed E-state index contributed by atoms with van der Waals surface area (Å²) in [6, 6.07) is 7.84. The van der Waals surface area contributed by atoms with Gasteiger partial charge in [-0.25, -0.2) is 17.6 Å². The van der Waals surface area contributed by atoms with Gasteiger partial charge in [0.05, 0.1) is 25.3 Å². The molecule has 37 heavy (non-hydrogen) atoms. The van der Waals surface area contributed by atoms with Crippen molar-refractivity contribution in [2.75, 3.05) is 44.8 Å². The zero-order valence-electron chi connectivity index (χ0n) is 20.6. The van der Waals surface area contributed by atoms with Gasteiger partial charge >= 0.3 is 0 Å². The van der Waals surface area contributed by atoms with Crippen LogP contribution in [0.25, 0.3) is 10.9 Å². The van der Waals surface area contributed by atoms with Crippen LogP contribution in [0.15, 0.2) is 36.4 Å². The van der Waals surface area contributed by atoms with Gasteiger partial charge in [0.25, 0.3) is 5.92 Å². The molecule has 5 rings (SSSR count). The van der Waals surface area contributed by atoms with E-state index in [0.29, 0.717) is 41.7 Å². The number of hydrogen-bond acceptors (Lipinski definition) is 4. The van der Waals surface area contributed by atoms with E-state index in [1.54, 1.807) is 25.1 Å². The smallest absolute Gasteiger partial charge is 0.283 e. The second-order valence-electron chi connectivity index (χ2n) is 10.2. The van der Waals surface area contributed by atoms with Crippen LogP contribution in [0.3, 0.4) is 0 Å². The lowest BCUT2D eigenvalue weighted by Crippen LogP contribution is -2.54. The lowest BCUT2D eigenvalue weighted by molar-refractivity contribution is -0.0866. The average Bonchev–Trinajstić information content (AvgIpc) is 3.18. The summed E-state index contributed by atoms with van der Waals surface area (Å²) >= 11 is 0. The maximum absolute atomic E-state index is 15.6. The molecule has 2 aliphatic heterocycles. The number of nitrogens with one attached hydrogen (secondary N) is 2. The van der Waals surface area contributed by atoms with Crippen LogP contribution in [0.5, 0.6) is 0 Å². The highest BCUT2D eigenvalue weighted by molar-refractivity contribution is 5.85. The van der Waals surface area contributed by atoms with Crippen LogP contribution in [-0.4, -0.2) is 77.4 Å². The number of aliphatic hydroxyl groups is 1. The fourth-order valence-electron chi connectivity index (χ4n) is 5.63.